The van der Waals surface area contributed by atoms with E-state index in [1.165, 1.54) is 18.2 Å². The summed E-state index contributed by atoms with van der Waals surface area (Å²) in [5.41, 5.74) is 5.77. The van der Waals surface area contributed by atoms with Gasteiger partial charge >= 0.3 is 5.97 Å². The van der Waals surface area contributed by atoms with Crippen molar-refractivity contribution in [2.45, 2.75) is 0 Å². The quantitative estimate of drug-likeness (QED) is 0.838. The minimum absolute atomic E-state index is 0.0227. The van der Waals surface area contributed by atoms with Gasteiger partial charge in [0.1, 0.15) is 11.5 Å². The summed E-state index contributed by atoms with van der Waals surface area (Å²) in [6, 6.07) is 9.10. The molecule has 0 saturated carbocycles. The average molecular weight is 298 g/mol. The number of aromatic carboxylic acids is 1. The van der Waals surface area contributed by atoms with Gasteiger partial charge in [-0.25, -0.2) is 4.79 Å². The molecule has 6 heteroatoms. The number of carboxylic acids is 1. The van der Waals surface area contributed by atoms with E-state index >= 15 is 0 Å². The van der Waals surface area contributed by atoms with Gasteiger partial charge in [0.25, 0.3) is 0 Å². The van der Waals surface area contributed by atoms with E-state index in [1.807, 2.05) is 0 Å². The van der Waals surface area contributed by atoms with Crippen LogP contribution < -0.4 is 10.5 Å². The molecule has 0 aliphatic carbocycles. The van der Waals surface area contributed by atoms with E-state index in [2.05, 4.69) is 0 Å². The van der Waals surface area contributed by atoms with Crippen molar-refractivity contribution in [1.29, 1.82) is 0 Å². The van der Waals surface area contributed by atoms with E-state index in [0.717, 1.165) is 0 Å². The summed E-state index contributed by atoms with van der Waals surface area (Å²) < 4.78 is 5.52. The Balaban J connectivity index is 2.29. The van der Waals surface area contributed by atoms with Crippen molar-refractivity contribution in [3.63, 3.8) is 0 Å². The lowest BCUT2D eigenvalue weighted by Gasteiger charge is -2.09. The third kappa shape index (κ3) is 3.10. The second-order valence-corrected chi connectivity index (χ2v) is 4.57. The average Bonchev–Trinajstić information content (AvgIpc) is 2.32. The molecule has 0 unspecified atom stereocenters. The summed E-state index contributed by atoms with van der Waals surface area (Å²) in [6.45, 7) is 0. The smallest absolute Gasteiger partial charge is 0.337 e. The molecule has 0 fully saturated rings. The molecule has 0 bridgehead atoms. The lowest BCUT2D eigenvalue weighted by atomic mass is 10.2. The molecule has 0 aromatic heterocycles. The molecule has 0 amide bonds. The maximum absolute atomic E-state index is 10.8. The van der Waals surface area contributed by atoms with Crippen molar-refractivity contribution < 1.29 is 14.6 Å². The van der Waals surface area contributed by atoms with Crippen LogP contribution in [0.1, 0.15) is 10.4 Å². The summed E-state index contributed by atoms with van der Waals surface area (Å²) in [5, 5.41) is 9.72. The molecule has 0 atom stereocenters. The number of carbonyl (C=O) groups is 1. The number of halogens is 2. The number of anilines is 1. The second kappa shape index (κ2) is 5.38. The Kier molecular flexibility index (Phi) is 3.83. The van der Waals surface area contributed by atoms with Crippen LogP contribution in [0.2, 0.25) is 10.0 Å². The van der Waals surface area contributed by atoms with Crippen LogP contribution in [0.15, 0.2) is 36.4 Å². The second-order valence-electron chi connectivity index (χ2n) is 3.73. The van der Waals surface area contributed by atoms with Crippen LogP contribution in [-0.2, 0) is 0 Å². The van der Waals surface area contributed by atoms with E-state index in [4.69, 9.17) is 38.8 Å². The van der Waals surface area contributed by atoms with Crippen molar-refractivity contribution >= 4 is 34.9 Å². The molecule has 0 aliphatic rings. The molecular weight excluding hydrogens is 289 g/mol. The lowest BCUT2D eigenvalue weighted by molar-refractivity contribution is 0.0698. The Hall–Kier alpha value is -1.91. The number of ether oxygens (including phenoxy) is 1. The number of hydrogen-bond acceptors (Lipinski definition) is 3. The van der Waals surface area contributed by atoms with E-state index in [1.54, 1.807) is 18.2 Å². The molecular formula is C13H9Cl2NO3. The van der Waals surface area contributed by atoms with E-state index in [9.17, 15) is 4.79 Å². The normalized spacial score (nSPS) is 10.2. The molecule has 0 aliphatic heterocycles. The fourth-order valence-corrected chi connectivity index (χ4v) is 1.93. The highest BCUT2D eigenvalue weighted by molar-refractivity contribution is 6.35. The molecule has 0 heterocycles. The number of carboxylic acid groups (broad SMARTS) is 1. The van der Waals surface area contributed by atoms with Gasteiger partial charge in [-0.3, -0.25) is 0 Å². The minimum Gasteiger partial charge on any atom is -0.478 e. The maximum atomic E-state index is 10.8. The van der Waals surface area contributed by atoms with Crippen LogP contribution >= 0.6 is 23.2 Å². The van der Waals surface area contributed by atoms with Crippen molar-refractivity contribution in [3.8, 4) is 11.5 Å². The van der Waals surface area contributed by atoms with Gasteiger partial charge in [0.15, 0.2) is 0 Å². The highest BCUT2D eigenvalue weighted by Crippen LogP contribution is 2.32. The topological polar surface area (TPSA) is 72.5 Å². The molecule has 0 spiro atoms. The third-order valence-electron chi connectivity index (χ3n) is 2.38. The van der Waals surface area contributed by atoms with Gasteiger partial charge in [0.2, 0.25) is 0 Å². The van der Waals surface area contributed by atoms with Crippen LogP contribution in [0.5, 0.6) is 11.5 Å². The predicted octanol–water partition coefficient (Wildman–Crippen LogP) is 4.07. The highest BCUT2D eigenvalue weighted by Gasteiger charge is 2.10. The van der Waals surface area contributed by atoms with Crippen LogP contribution in [0.4, 0.5) is 5.69 Å². The molecule has 0 radical (unpaired) electrons. The summed E-state index contributed by atoms with van der Waals surface area (Å²) in [4.78, 5) is 10.8. The van der Waals surface area contributed by atoms with Gasteiger partial charge in [-0.05, 0) is 30.3 Å². The largest absolute Gasteiger partial charge is 0.478 e. The van der Waals surface area contributed by atoms with Crippen molar-refractivity contribution in [2.75, 3.05) is 5.73 Å². The molecule has 3 N–H and O–H groups in total. The third-order valence-corrected chi connectivity index (χ3v) is 2.91. The van der Waals surface area contributed by atoms with Gasteiger partial charge in [-0.15, -0.1) is 0 Å². The van der Waals surface area contributed by atoms with E-state index < -0.39 is 5.97 Å². The SMILES string of the molecule is Nc1cc(Oc2ccc(Cl)cc2Cl)ccc1C(=O)O. The number of nitrogens with two attached hydrogens (primary N) is 1. The Bertz CT molecular complexity index is 644. The van der Waals surface area contributed by atoms with Gasteiger partial charge in [0.05, 0.1) is 10.6 Å². The maximum Gasteiger partial charge on any atom is 0.337 e. The van der Waals surface area contributed by atoms with Crippen molar-refractivity contribution in [3.05, 3.63) is 52.0 Å². The van der Waals surface area contributed by atoms with Crippen LogP contribution in [-0.4, -0.2) is 11.1 Å². The van der Waals surface area contributed by atoms with Crippen LogP contribution in [0, 0.1) is 0 Å². The molecule has 19 heavy (non-hydrogen) atoms. The molecule has 2 rings (SSSR count). The molecule has 4 nitrogen and oxygen atoms in total. The Morgan fingerprint density at radius 2 is 1.89 bits per heavy atom. The standard InChI is InChI=1S/C13H9Cl2NO3/c14-7-1-4-12(10(15)5-7)19-8-2-3-9(13(17)18)11(16)6-8/h1-6H,16H2,(H,17,18). The van der Waals surface area contributed by atoms with Crippen molar-refractivity contribution in [2.24, 2.45) is 0 Å². The first-order valence-corrected chi connectivity index (χ1v) is 5.98. The first kappa shape index (κ1) is 13.5. The predicted molar refractivity (Wildman–Crippen MR) is 74.3 cm³/mol. The van der Waals surface area contributed by atoms with Crippen molar-refractivity contribution in [1.82, 2.24) is 0 Å². The lowest BCUT2D eigenvalue weighted by Crippen LogP contribution is -2.02. The fourth-order valence-electron chi connectivity index (χ4n) is 1.48. The molecule has 98 valence electrons. The molecule has 0 saturated heterocycles. The fraction of sp³-hybridized carbons (Fsp3) is 0. The number of nitrogen functional groups attached to an aromatic ring is 1. The van der Waals surface area contributed by atoms with Gasteiger partial charge in [-0.2, -0.15) is 0 Å². The van der Waals surface area contributed by atoms with E-state index in [0.29, 0.717) is 21.5 Å². The Morgan fingerprint density at radius 1 is 1.16 bits per heavy atom. The van der Waals surface area contributed by atoms with E-state index in [-0.39, 0.29) is 11.3 Å². The molecule has 2 aromatic carbocycles. The summed E-state index contributed by atoms with van der Waals surface area (Å²) in [5.74, 6) is -0.283. The zero-order valence-electron chi connectivity index (χ0n) is 9.56. The van der Waals surface area contributed by atoms with Crippen LogP contribution in [0.3, 0.4) is 0 Å². The van der Waals surface area contributed by atoms with Gasteiger partial charge < -0.3 is 15.6 Å². The number of benzene rings is 2. The zero-order valence-corrected chi connectivity index (χ0v) is 11.1. The first-order valence-electron chi connectivity index (χ1n) is 5.23. The Morgan fingerprint density at radius 3 is 2.47 bits per heavy atom. The summed E-state index contributed by atoms with van der Waals surface area (Å²) >= 11 is 11.7. The summed E-state index contributed by atoms with van der Waals surface area (Å²) in [7, 11) is 0. The van der Waals surface area contributed by atoms with Gasteiger partial charge in [0, 0.05) is 16.8 Å². The minimum atomic E-state index is -1.09. The zero-order chi connectivity index (χ0) is 14.0. The number of rotatable bonds is 3. The Labute approximate surface area is 119 Å². The van der Waals surface area contributed by atoms with Gasteiger partial charge in [-0.1, -0.05) is 23.2 Å². The van der Waals surface area contributed by atoms with Crippen LogP contribution in [0.25, 0.3) is 0 Å². The number of hydrogen-bond donors (Lipinski definition) is 2. The first-order chi connectivity index (χ1) is 8.97. The highest BCUT2D eigenvalue weighted by atomic mass is 35.5. The monoisotopic (exact) mass is 297 g/mol. The molecule has 2 aromatic rings. The summed E-state index contributed by atoms with van der Waals surface area (Å²) in [6.07, 6.45) is 0.